The van der Waals surface area contributed by atoms with E-state index in [4.69, 9.17) is 9.26 Å². The molecule has 0 fully saturated rings. The van der Waals surface area contributed by atoms with Gasteiger partial charge in [0.15, 0.2) is 0 Å². The molecule has 2 aromatic heterocycles. The number of hydrogen-bond donors (Lipinski definition) is 0. The molecule has 0 saturated carbocycles. The van der Waals surface area contributed by atoms with E-state index in [1.165, 1.54) is 0 Å². The molecular formula is C16H16N2O3S2. The zero-order valence-electron chi connectivity index (χ0n) is 12.8. The van der Waals surface area contributed by atoms with Crippen LogP contribution in [0.2, 0.25) is 0 Å². The van der Waals surface area contributed by atoms with Gasteiger partial charge in [0.25, 0.3) is 0 Å². The molecule has 120 valence electrons. The number of ether oxygens (including phenoxy) is 1. The Morgan fingerprint density at radius 2 is 2.04 bits per heavy atom. The molecule has 0 aliphatic carbocycles. The highest BCUT2D eigenvalue weighted by Crippen LogP contribution is 2.26. The monoisotopic (exact) mass is 348 g/mol. The second-order valence-electron chi connectivity index (χ2n) is 5.04. The Balaban J connectivity index is 1.65. The Morgan fingerprint density at radius 1 is 1.26 bits per heavy atom. The van der Waals surface area contributed by atoms with Gasteiger partial charge in [-0.3, -0.25) is 4.21 Å². The van der Waals surface area contributed by atoms with Crippen molar-refractivity contribution < 1.29 is 13.5 Å². The average Bonchev–Trinajstić information content (AvgIpc) is 3.16. The third kappa shape index (κ3) is 4.05. The zero-order valence-corrected chi connectivity index (χ0v) is 14.4. The van der Waals surface area contributed by atoms with E-state index in [1.54, 1.807) is 18.4 Å². The first-order valence-corrected chi connectivity index (χ1v) is 9.37. The standard InChI is InChI=1S/C16H16N2O3S2/c1-11-7-15(21-18-11)10-23(19)9-13-8-22-16(17-13)12-3-5-14(20-2)6-4-12/h3-8H,9-10H2,1-2H3/t23-/m0/s1. The van der Waals surface area contributed by atoms with Crippen molar-refractivity contribution in [1.29, 1.82) is 0 Å². The summed E-state index contributed by atoms with van der Waals surface area (Å²) in [5, 5.41) is 6.66. The van der Waals surface area contributed by atoms with Crippen LogP contribution in [0.1, 0.15) is 17.1 Å². The lowest BCUT2D eigenvalue weighted by Crippen LogP contribution is -1.99. The summed E-state index contributed by atoms with van der Waals surface area (Å²) < 4.78 is 22.4. The van der Waals surface area contributed by atoms with Crippen molar-refractivity contribution in [3.05, 3.63) is 52.9 Å². The molecule has 2 heterocycles. The molecule has 0 aliphatic rings. The average molecular weight is 348 g/mol. The van der Waals surface area contributed by atoms with Crippen molar-refractivity contribution in [2.75, 3.05) is 7.11 Å². The maximum absolute atomic E-state index is 12.2. The molecule has 1 atom stereocenters. The van der Waals surface area contributed by atoms with Gasteiger partial charge < -0.3 is 9.26 Å². The van der Waals surface area contributed by atoms with Crippen LogP contribution >= 0.6 is 11.3 Å². The minimum Gasteiger partial charge on any atom is -0.497 e. The molecule has 3 aromatic rings. The molecule has 0 spiro atoms. The Kier molecular flexibility index (Phi) is 4.88. The number of aryl methyl sites for hydroxylation is 1. The van der Waals surface area contributed by atoms with E-state index in [2.05, 4.69) is 10.1 Å². The van der Waals surface area contributed by atoms with Crippen LogP contribution in [0.4, 0.5) is 0 Å². The number of aromatic nitrogens is 2. The van der Waals surface area contributed by atoms with Crippen molar-refractivity contribution in [1.82, 2.24) is 10.1 Å². The highest BCUT2D eigenvalue weighted by Gasteiger charge is 2.11. The quantitative estimate of drug-likeness (QED) is 0.681. The van der Waals surface area contributed by atoms with Crippen LogP contribution in [-0.4, -0.2) is 21.5 Å². The fourth-order valence-corrected chi connectivity index (χ4v) is 4.06. The number of hydrogen-bond acceptors (Lipinski definition) is 6. The molecule has 5 nitrogen and oxygen atoms in total. The summed E-state index contributed by atoms with van der Waals surface area (Å²) in [7, 11) is 0.574. The first-order chi connectivity index (χ1) is 11.1. The number of thiazole rings is 1. The lowest BCUT2D eigenvalue weighted by molar-refractivity contribution is 0.390. The van der Waals surface area contributed by atoms with Crippen LogP contribution in [0.5, 0.6) is 5.75 Å². The third-order valence-corrected chi connectivity index (χ3v) is 5.34. The Morgan fingerprint density at radius 3 is 2.70 bits per heavy atom. The van der Waals surface area contributed by atoms with Gasteiger partial charge in [0.1, 0.15) is 16.5 Å². The highest BCUT2D eigenvalue weighted by molar-refractivity contribution is 7.83. The maximum atomic E-state index is 12.2. The van der Waals surface area contributed by atoms with Gasteiger partial charge in [0.05, 0.1) is 30.0 Å². The highest BCUT2D eigenvalue weighted by atomic mass is 32.2. The van der Waals surface area contributed by atoms with Gasteiger partial charge in [-0.2, -0.15) is 0 Å². The first-order valence-electron chi connectivity index (χ1n) is 7.00. The largest absolute Gasteiger partial charge is 0.497 e. The predicted molar refractivity (Wildman–Crippen MR) is 90.9 cm³/mol. The molecule has 1 aromatic carbocycles. The fourth-order valence-electron chi connectivity index (χ4n) is 2.10. The summed E-state index contributed by atoms with van der Waals surface area (Å²) in [6, 6.07) is 9.55. The van der Waals surface area contributed by atoms with E-state index in [9.17, 15) is 4.21 Å². The normalized spacial score (nSPS) is 12.3. The number of benzene rings is 1. The van der Waals surface area contributed by atoms with Crippen molar-refractivity contribution in [3.8, 4) is 16.3 Å². The van der Waals surface area contributed by atoms with Crippen molar-refractivity contribution >= 4 is 22.1 Å². The van der Waals surface area contributed by atoms with Crippen LogP contribution < -0.4 is 4.74 Å². The summed E-state index contributed by atoms with van der Waals surface area (Å²) in [6.45, 7) is 1.84. The fraction of sp³-hybridized carbons (Fsp3) is 0.250. The molecule has 3 rings (SSSR count). The first kappa shape index (κ1) is 15.9. The summed E-state index contributed by atoms with van der Waals surface area (Å²) in [4.78, 5) is 4.56. The molecule has 7 heteroatoms. The van der Waals surface area contributed by atoms with Gasteiger partial charge in [-0.05, 0) is 31.2 Å². The van der Waals surface area contributed by atoms with Crippen LogP contribution in [0.3, 0.4) is 0 Å². The number of nitrogens with zero attached hydrogens (tertiary/aromatic N) is 2. The SMILES string of the molecule is COc1ccc(-c2nc(C[S@](=O)Cc3cc(C)no3)cs2)cc1. The molecule has 0 N–H and O–H groups in total. The summed E-state index contributed by atoms with van der Waals surface area (Å²) in [5.74, 6) is 2.23. The predicted octanol–water partition coefficient (Wildman–Crippen LogP) is 3.56. The van der Waals surface area contributed by atoms with E-state index in [0.29, 0.717) is 17.3 Å². The molecule has 0 aliphatic heterocycles. The van der Waals surface area contributed by atoms with Crippen LogP contribution in [-0.2, 0) is 22.3 Å². The molecule has 0 amide bonds. The van der Waals surface area contributed by atoms with Crippen LogP contribution in [0, 0.1) is 6.92 Å². The van der Waals surface area contributed by atoms with Gasteiger partial charge in [-0.15, -0.1) is 11.3 Å². The van der Waals surface area contributed by atoms with E-state index in [1.807, 2.05) is 42.6 Å². The van der Waals surface area contributed by atoms with Gasteiger partial charge in [-0.25, -0.2) is 4.98 Å². The second kappa shape index (κ2) is 7.06. The van der Waals surface area contributed by atoms with Gasteiger partial charge in [-0.1, -0.05) is 5.16 Å². The maximum Gasteiger partial charge on any atom is 0.149 e. The Labute approximate surface area is 140 Å². The summed E-state index contributed by atoms with van der Waals surface area (Å²) in [5.41, 5.74) is 2.65. The lowest BCUT2D eigenvalue weighted by Gasteiger charge is -2.00. The topological polar surface area (TPSA) is 65.2 Å². The number of rotatable bonds is 6. The molecular weight excluding hydrogens is 332 g/mol. The molecule has 23 heavy (non-hydrogen) atoms. The molecule has 0 radical (unpaired) electrons. The molecule has 0 saturated heterocycles. The molecule has 0 unspecified atom stereocenters. The summed E-state index contributed by atoms with van der Waals surface area (Å²) >= 11 is 1.55. The lowest BCUT2D eigenvalue weighted by atomic mass is 10.2. The second-order valence-corrected chi connectivity index (χ2v) is 7.35. The third-order valence-electron chi connectivity index (χ3n) is 3.18. The van der Waals surface area contributed by atoms with Crippen LogP contribution in [0.25, 0.3) is 10.6 Å². The van der Waals surface area contributed by atoms with Crippen molar-refractivity contribution in [3.63, 3.8) is 0 Å². The Bertz CT molecular complexity index is 809. The van der Waals surface area contributed by atoms with E-state index < -0.39 is 10.8 Å². The van der Waals surface area contributed by atoms with E-state index >= 15 is 0 Å². The minimum atomic E-state index is -1.07. The number of methoxy groups -OCH3 is 1. The van der Waals surface area contributed by atoms with Gasteiger partial charge >= 0.3 is 0 Å². The van der Waals surface area contributed by atoms with Crippen molar-refractivity contribution in [2.24, 2.45) is 0 Å². The van der Waals surface area contributed by atoms with Crippen LogP contribution in [0.15, 0.2) is 40.2 Å². The molecule has 0 bridgehead atoms. The van der Waals surface area contributed by atoms with Gasteiger partial charge in [0.2, 0.25) is 0 Å². The van der Waals surface area contributed by atoms with Crippen molar-refractivity contribution in [2.45, 2.75) is 18.4 Å². The van der Waals surface area contributed by atoms with E-state index in [0.717, 1.165) is 27.7 Å². The smallest absolute Gasteiger partial charge is 0.149 e. The minimum absolute atomic E-state index is 0.357. The van der Waals surface area contributed by atoms with Gasteiger partial charge in [0, 0.05) is 27.8 Å². The van der Waals surface area contributed by atoms with E-state index in [-0.39, 0.29) is 0 Å². The zero-order chi connectivity index (χ0) is 16.2. The Hall–Kier alpha value is -1.99. The summed E-state index contributed by atoms with van der Waals surface area (Å²) in [6.07, 6.45) is 0.